The molecule has 1 unspecified atom stereocenters. The molecule has 1 aromatic heterocycles. The molecule has 2 fully saturated rings. The molecule has 1 spiro atoms. The van der Waals surface area contributed by atoms with Gasteiger partial charge in [0, 0.05) is 17.0 Å². The van der Waals surface area contributed by atoms with Gasteiger partial charge in [0.25, 0.3) is 5.91 Å². The largest absolute Gasteiger partial charge is 0.348 e. The minimum atomic E-state index is -0.150. The van der Waals surface area contributed by atoms with Crippen molar-refractivity contribution in [3.05, 3.63) is 10.6 Å². The lowest BCUT2D eigenvalue weighted by Crippen LogP contribution is -2.59. The Morgan fingerprint density at radius 1 is 1.43 bits per heavy atom. The second-order valence-electron chi connectivity index (χ2n) is 7.42. The van der Waals surface area contributed by atoms with E-state index >= 15 is 0 Å². The summed E-state index contributed by atoms with van der Waals surface area (Å²) in [5.41, 5.74) is 0.954. The van der Waals surface area contributed by atoms with Crippen molar-refractivity contribution >= 4 is 17.4 Å². The number of hydrogen-bond donors (Lipinski definition) is 2. The number of piperidine rings is 1. The van der Waals surface area contributed by atoms with E-state index in [1.807, 2.05) is 0 Å². The molecular weight excluding hydrogens is 284 g/mol. The zero-order valence-electron chi connectivity index (χ0n) is 13.0. The van der Waals surface area contributed by atoms with Gasteiger partial charge in [-0.05, 0) is 50.2 Å². The summed E-state index contributed by atoms with van der Waals surface area (Å²) in [5.74, 6) is -0.00343. The van der Waals surface area contributed by atoms with Crippen LogP contribution in [0.1, 0.15) is 68.2 Å². The first-order valence-corrected chi connectivity index (χ1v) is 8.56. The summed E-state index contributed by atoms with van der Waals surface area (Å²) in [5, 5.41) is 11.0. The van der Waals surface area contributed by atoms with Gasteiger partial charge in [-0.15, -0.1) is 5.10 Å². The molecule has 1 aromatic rings. The normalized spacial score (nSPS) is 24.6. The molecule has 0 radical (unpaired) electrons. The highest BCUT2D eigenvalue weighted by Crippen LogP contribution is 2.38. The van der Waals surface area contributed by atoms with E-state index in [-0.39, 0.29) is 17.4 Å². The zero-order valence-corrected chi connectivity index (χ0v) is 13.8. The average molecular weight is 308 g/mol. The fraction of sp³-hybridized carbons (Fsp3) is 0.800. The van der Waals surface area contributed by atoms with Crippen molar-refractivity contribution in [1.29, 1.82) is 0 Å². The van der Waals surface area contributed by atoms with E-state index < -0.39 is 0 Å². The Bertz CT molecular complexity index is 530. The zero-order chi connectivity index (χ0) is 15.1. The van der Waals surface area contributed by atoms with E-state index in [0.29, 0.717) is 10.4 Å². The lowest BCUT2D eigenvalue weighted by atomic mass is 9.70. The van der Waals surface area contributed by atoms with Crippen LogP contribution < -0.4 is 10.6 Å². The third-order valence-electron chi connectivity index (χ3n) is 4.68. The molecular formula is C15H24N4OS. The van der Waals surface area contributed by atoms with Gasteiger partial charge < -0.3 is 10.6 Å². The quantitative estimate of drug-likeness (QED) is 0.879. The Labute approximate surface area is 130 Å². The van der Waals surface area contributed by atoms with E-state index in [1.54, 1.807) is 0 Å². The molecule has 2 aliphatic rings. The average Bonchev–Trinajstić information content (AvgIpc) is 2.86. The van der Waals surface area contributed by atoms with Crippen LogP contribution >= 0.6 is 11.5 Å². The highest BCUT2D eigenvalue weighted by Gasteiger charge is 2.41. The van der Waals surface area contributed by atoms with Crippen LogP contribution in [0.4, 0.5) is 0 Å². The molecule has 1 aliphatic carbocycles. The van der Waals surface area contributed by atoms with Crippen LogP contribution in [0.25, 0.3) is 0 Å². The van der Waals surface area contributed by atoms with Crippen molar-refractivity contribution in [2.24, 2.45) is 0 Å². The first-order valence-electron chi connectivity index (χ1n) is 7.78. The second-order valence-corrected chi connectivity index (χ2v) is 8.18. The number of amides is 1. The first-order chi connectivity index (χ1) is 9.90. The van der Waals surface area contributed by atoms with Gasteiger partial charge in [0.05, 0.1) is 5.69 Å². The fourth-order valence-corrected chi connectivity index (χ4v) is 4.13. The predicted molar refractivity (Wildman–Crippen MR) is 83.7 cm³/mol. The molecule has 0 bridgehead atoms. The number of carbonyl (C=O) groups excluding carboxylic acids is 1. The monoisotopic (exact) mass is 308 g/mol. The van der Waals surface area contributed by atoms with Gasteiger partial charge in [0.15, 0.2) is 0 Å². The fourth-order valence-electron chi connectivity index (χ4n) is 3.35. The summed E-state index contributed by atoms with van der Waals surface area (Å²) in [7, 11) is 0. The van der Waals surface area contributed by atoms with Crippen LogP contribution in [0.15, 0.2) is 0 Å². The highest BCUT2D eigenvalue weighted by molar-refractivity contribution is 7.08. The molecule has 2 N–H and O–H groups in total. The number of hydrogen-bond acceptors (Lipinski definition) is 5. The maximum absolute atomic E-state index is 12.6. The molecule has 3 rings (SSSR count). The molecule has 1 saturated carbocycles. The number of nitrogens with one attached hydrogen (secondary N) is 2. The van der Waals surface area contributed by atoms with Crippen molar-refractivity contribution < 1.29 is 4.79 Å². The summed E-state index contributed by atoms with van der Waals surface area (Å²) in [6, 6.07) is 0.272. The van der Waals surface area contributed by atoms with Crippen molar-refractivity contribution in [1.82, 2.24) is 20.2 Å². The van der Waals surface area contributed by atoms with E-state index in [9.17, 15) is 4.79 Å². The van der Waals surface area contributed by atoms with Crippen LogP contribution in [0.3, 0.4) is 0 Å². The third-order valence-corrected chi connectivity index (χ3v) is 5.41. The number of rotatable bonds is 2. The third kappa shape index (κ3) is 2.97. The van der Waals surface area contributed by atoms with E-state index in [2.05, 4.69) is 41.0 Å². The number of carbonyl (C=O) groups is 1. The van der Waals surface area contributed by atoms with E-state index in [1.165, 1.54) is 30.8 Å². The van der Waals surface area contributed by atoms with Crippen LogP contribution in [-0.4, -0.2) is 33.6 Å². The van der Waals surface area contributed by atoms with Gasteiger partial charge in [-0.3, -0.25) is 4.79 Å². The first kappa shape index (κ1) is 14.9. The van der Waals surface area contributed by atoms with E-state index in [4.69, 9.17) is 0 Å². The number of aromatic nitrogens is 2. The van der Waals surface area contributed by atoms with Gasteiger partial charge in [-0.2, -0.15) is 0 Å². The summed E-state index contributed by atoms with van der Waals surface area (Å²) in [4.78, 5) is 13.2. The highest BCUT2D eigenvalue weighted by atomic mass is 32.1. The molecule has 21 heavy (non-hydrogen) atoms. The maximum atomic E-state index is 12.6. The molecule has 1 aliphatic heterocycles. The van der Waals surface area contributed by atoms with Crippen molar-refractivity contribution in [2.75, 3.05) is 6.54 Å². The van der Waals surface area contributed by atoms with Gasteiger partial charge in [-0.25, -0.2) is 0 Å². The smallest absolute Gasteiger partial charge is 0.265 e. The standard InChI is InChI=1S/C15H24N4OS/c1-14(2,3)12-11(21-19-18-12)13(20)17-10-5-8-16-15(9-10)6-4-7-15/h10,16H,4-9H2,1-3H3,(H,17,20). The predicted octanol–water partition coefficient (Wildman–Crippen LogP) is 2.24. The molecule has 6 heteroatoms. The molecule has 5 nitrogen and oxygen atoms in total. The van der Waals surface area contributed by atoms with Gasteiger partial charge in [0.2, 0.25) is 0 Å². The van der Waals surface area contributed by atoms with Gasteiger partial charge >= 0.3 is 0 Å². The molecule has 1 amide bonds. The number of nitrogens with zero attached hydrogens (tertiary/aromatic N) is 2. The Morgan fingerprint density at radius 3 is 2.81 bits per heavy atom. The topological polar surface area (TPSA) is 66.9 Å². The molecule has 1 atom stereocenters. The lowest BCUT2D eigenvalue weighted by molar-refractivity contribution is 0.0854. The second kappa shape index (κ2) is 5.32. The van der Waals surface area contributed by atoms with Gasteiger partial charge in [-0.1, -0.05) is 25.3 Å². The van der Waals surface area contributed by atoms with Gasteiger partial charge in [0.1, 0.15) is 4.88 Å². The van der Waals surface area contributed by atoms with Crippen molar-refractivity contribution in [3.8, 4) is 0 Å². The molecule has 2 heterocycles. The van der Waals surface area contributed by atoms with Crippen LogP contribution in [0.2, 0.25) is 0 Å². The summed E-state index contributed by atoms with van der Waals surface area (Å²) >= 11 is 1.20. The molecule has 1 saturated heterocycles. The van der Waals surface area contributed by atoms with Crippen LogP contribution in [0.5, 0.6) is 0 Å². The van der Waals surface area contributed by atoms with Crippen LogP contribution in [-0.2, 0) is 5.41 Å². The summed E-state index contributed by atoms with van der Waals surface area (Å²) in [6.45, 7) is 7.19. The SMILES string of the molecule is CC(C)(C)c1nnsc1C(=O)NC1CCNC2(CCC2)C1. The van der Waals surface area contributed by atoms with Crippen molar-refractivity contribution in [3.63, 3.8) is 0 Å². The molecule has 0 aromatic carbocycles. The Balaban J connectivity index is 1.68. The minimum Gasteiger partial charge on any atom is -0.348 e. The van der Waals surface area contributed by atoms with Crippen molar-refractivity contribution in [2.45, 2.75) is 69.9 Å². The maximum Gasteiger partial charge on any atom is 0.265 e. The summed E-state index contributed by atoms with van der Waals surface area (Å²) in [6.07, 6.45) is 5.85. The van der Waals surface area contributed by atoms with E-state index in [0.717, 1.165) is 25.1 Å². The summed E-state index contributed by atoms with van der Waals surface area (Å²) < 4.78 is 3.98. The Kier molecular flexibility index (Phi) is 3.78. The Hall–Kier alpha value is -1.01. The minimum absolute atomic E-state index is 0.00343. The Morgan fingerprint density at radius 2 is 2.19 bits per heavy atom. The lowest BCUT2D eigenvalue weighted by Gasteiger charge is -2.48. The molecule has 116 valence electrons. The van der Waals surface area contributed by atoms with Crippen LogP contribution in [0, 0.1) is 0 Å².